The van der Waals surface area contributed by atoms with Crippen LogP contribution < -0.4 is 0 Å². The average molecular weight is 375 g/mol. The van der Waals surface area contributed by atoms with Gasteiger partial charge in [-0.05, 0) is 43.2 Å². The Hall–Kier alpha value is -1.92. The Morgan fingerprint density at radius 2 is 1.88 bits per heavy atom. The van der Waals surface area contributed by atoms with Gasteiger partial charge in [0.1, 0.15) is 0 Å². The molecule has 140 valence electrons. The van der Waals surface area contributed by atoms with Gasteiger partial charge in [-0.3, -0.25) is 0 Å². The maximum Gasteiger partial charge on any atom is 0.333 e. The minimum Gasteiger partial charge on any atom is -0.466 e. The summed E-state index contributed by atoms with van der Waals surface area (Å²) in [4.78, 5) is 12.4. The van der Waals surface area contributed by atoms with Crippen LogP contribution in [0.1, 0.15) is 18.9 Å². The number of carbonyl (C=O) groups excluding carboxylic acids is 1. The molecule has 0 saturated carbocycles. The van der Waals surface area contributed by atoms with Crippen LogP contribution >= 0.6 is 0 Å². The molecular formula is C20H25NO4S. The highest BCUT2D eigenvalue weighted by Crippen LogP contribution is 2.42. The number of allylic oxidation sites excluding steroid dienone is 1. The van der Waals surface area contributed by atoms with Crippen molar-refractivity contribution < 1.29 is 17.9 Å². The molecule has 1 saturated heterocycles. The quantitative estimate of drug-likeness (QED) is 0.602. The molecule has 1 aliphatic carbocycles. The molecule has 0 unspecified atom stereocenters. The molecule has 2 aliphatic rings. The smallest absolute Gasteiger partial charge is 0.333 e. The van der Waals surface area contributed by atoms with Gasteiger partial charge in [-0.25, -0.2) is 13.2 Å². The van der Waals surface area contributed by atoms with Gasteiger partial charge in [-0.1, -0.05) is 42.8 Å². The number of benzene rings is 1. The van der Waals surface area contributed by atoms with E-state index in [1.807, 2.05) is 19.9 Å². The third-order valence-electron chi connectivity index (χ3n) is 5.65. The Kier molecular flexibility index (Phi) is 5.08. The van der Waals surface area contributed by atoms with Gasteiger partial charge in [-0.2, -0.15) is 4.31 Å². The minimum absolute atomic E-state index is 0.0237. The van der Waals surface area contributed by atoms with Gasteiger partial charge >= 0.3 is 5.97 Å². The van der Waals surface area contributed by atoms with Crippen molar-refractivity contribution in [2.75, 3.05) is 20.2 Å². The molecule has 1 aliphatic heterocycles. The zero-order chi connectivity index (χ0) is 19.1. The van der Waals surface area contributed by atoms with E-state index in [0.717, 1.165) is 11.1 Å². The lowest BCUT2D eigenvalue weighted by Crippen LogP contribution is -2.30. The van der Waals surface area contributed by atoms with E-state index in [1.54, 1.807) is 24.3 Å². The summed E-state index contributed by atoms with van der Waals surface area (Å²) in [6.07, 6.45) is 2.46. The third kappa shape index (κ3) is 3.23. The molecular weight excluding hydrogens is 350 g/mol. The first-order chi connectivity index (χ1) is 12.3. The Bertz CT molecular complexity index is 854. The van der Waals surface area contributed by atoms with Crippen molar-refractivity contribution in [2.24, 2.45) is 17.8 Å². The Morgan fingerprint density at radius 3 is 2.50 bits per heavy atom. The van der Waals surface area contributed by atoms with Crippen molar-refractivity contribution >= 4 is 16.0 Å². The van der Waals surface area contributed by atoms with Crippen LogP contribution in [-0.4, -0.2) is 38.9 Å². The lowest BCUT2D eigenvalue weighted by atomic mass is 9.80. The van der Waals surface area contributed by atoms with Crippen LogP contribution in [0.15, 0.2) is 53.0 Å². The molecule has 1 aromatic rings. The standard InChI is InChI=1S/C20H25NO4S/c1-13-5-8-16(9-6-13)26(23,24)21-11-18-14(2)7-10-17(20(22)25-4)15(3)19(18)12-21/h5-6,8-10,15,18-19H,2,7,11-12H2,1,3-4H3/t15-,18-,19+/m1/s1. The Labute approximate surface area is 155 Å². The topological polar surface area (TPSA) is 63.7 Å². The molecule has 0 spiro atoms. The highest BCUT2D eigenvalue weighted by molar-refractivity contribution is 7.89. The monoisotopic (exact) mass is 375 g/mol. The summed E-state index contributed by atoms with van der Waals surface area (Å²) in [5.41, 5.74) is 2.61. The van der Waals surface area contributed by atoms with E-state index in [-0.39, 0.29) is 23.7 Å². The molecule has 0 aromatic heterocycles. The fourth-order valence-electron chi connectivity index (χ4n) is 3.98. The molecule has 1 heterocycles. The van der Waals surface area contributed by atoms with E-state index < -0.39 is 10.0 Å². The van der Waals surface area contributed by atoms with E-state index in [4.69, 9.17) is 4.74 Å². The third-order valence-corrected chi connectivity index (χ3v) is 7.50. The summed E-state index contributed by atoms with van der Waals surface area (Å²) >= 11 is 0. The molecule has 5 nitrogen and oxygen atoms in total. The molecule has 0 N–H and O–H groups in total. The number of methoxy groups -OCH3 is 1. The largest absolute Gasteiger partial charge is 0.466 e. The van der Waals surface area contributed by atoms with Gasteiger partial charge < -0.3 is 4.74 Å². The van der Waals surface area contributed by atoms with Crippen LogP contribution in [0, 0.1) is 24.7 Å². The van der Waals surface area contributed by atoms with Gasteiger partial charge in [0.2, 0.25) is 10.0 Å². The van der Waals surface area contributed by atoms with E-state index in [0.29, 0.717) is 30.0 Å². The molecule has 0 radical (unpaired) electrons. The normalized spacial score (nSPS) is 26.8. The molecule has 6 heteroatoms. The second-order valence-electron chi connectivity index (χ2n) is 7.21. The van der Waals surface area contributed by atoms with Gasteiger partial charge in [0.05, 0.1) is 12.0 Å². The number of esters is 1. The second-order valence-corrected chi connectivity index (χ2v) is 9.15. The van der Waals surface area contributed by atoms with E-state index >= 15 is 0 Å². The first-order valence-electron chi connectivity index (χ1n) is 8.78. The second kappa shape index (κ2) is 7.00. The molecule has 1 aromatic carbocycles. The highest BCUT2D eigenvalue weighted by Gasteiger charge is 2.45. The van der Waals surface area contributed by atoms with Crippen molar-refractivity contribution in [3.63, 3.8) is 0 Å². The summed E-state index contributed by atoms with van der Waals surface area (Å²) in [6.45, 7) is 8.85. The number of rotatable bonds is 3. The number of aryl methyl sites for hydroxylation is 1. The van der Waals surface area contributed by atoms with Crippen LogP contribution in [0.25, 0.3) is 0 Å². The number of fused-ring (bicyclic) bond motifs is 1. The maximum atomic E-state index is 13.0. The number of nitrogens with zero attached hydrogens (tertiary/aromatic N) is 1. The number of hydrogen-bond acceptors (Lipinski definition) is 4. The van der Waals surface area contributed by atoms with Gasteiger partial charge in [-0.15, -0.1) is 0 Å². The lowest BCUT2D eigenvalue weighted by molar-refractivity contribution is -0.136. The predicted molar refractivity (Wildman–Crippen MR) is 99.9 cm³/mol. The number of carbonyl (C=O) groups is 1. The van der Waals surface area contributed by atoms with Crippen molar-refractivity contribution in [1.29, 1.82) is 0 Å². The summed E-state index contributed by atoms with van der Waals surface area (Å²) in [5, 5.41) is 0. The van der Waals surface area contributed by atoms with Gasteiger partial charge in [0.15, 0.2) is 0 Å². The van der Waals surface area contributed by atoms with Crippen molar-refractivity contribution in [2.45, 2.75) is 25.2 Å². The molecule has 26 heavy (non-hydrogen) atoms. The zero-order valence-corrected chi connectivity index (χ0v) is 16.3. The first kappa shape index (κ1) is 18.9. The zero-order valence-electron chi connectivity index (χ0n) is 15.4. The van der Waals surface area contributed by atoms with Crippen LogP contribution in [-0.2, 0) is 19.6 Å². The molecule has 0 amide bonds. The number of ether oxygens (including phenoxy) is 1. The van der Waals surface area contributed by atoms with Gasteiger partial charge in [0, 0.05) is 18.7 Å². The highest BCUT2D eigenvalue weighted by atomic mass is 32.2. The van der Waals surface area contributed by atoms with Crippen LogP contribution in [0.5, 0.6) is 0 Å². The maximum absolute atomic E-state index is 13.0. The molecule has 3 rings (SSSR count). The van der Waals surface area contributed by atoms with Crippen molar-refractivity contribution in [1.82, 2.24) is 4.31 Å². The van der Waals surface area contributed by atoms with E-state index in [9.17, 15) is 13.2 Å². The lowest BCUT2D eigenvalue weighted by Gasteiger charge is -2.24. The summed E-state index contributed by atoms with van der Waals surface area (Å²) in [6, 6.07) is 6.91. The molecule has 0 bridgehead atoms. The average Bonchev–Trinajstić information content (AvgIpc) is 3.03. The molecule has 3 atom stereocenters. The number of hydrogen-bond donors (Lipinski definition) is 0. The van der Waals surface area contributed by atoms with Crippen molar-refractivity contribution in [3.05, 3.63) is 53.6 Å². The summed E-state index contributed by atoms with van der Waals surface area (Å²) < 4.78 is 32.5. The summed E-state index contributed by atoms with van der Waals surface area (Å²) in [7, 11) is -2.19. The fourth-order valence-corrected chi connectivity index (χ4v) is 5.49. The molecule has 1 fully saturated rings. The fraction of sp³-hybridized carbons (Fsp3) is 0.450. The SMILES string of the molecule is C=C1CC=C(C(=O)OC)[C@@H](C)[C@@H]2CN(S(=O)(=O)c3ccc(C)cc3)C[C@H]12. The Balaban J connectivity index is 1.90. The van der Waals surface area contributed by atoms with Crippen LogP contribution in [0.4, 0.5) is 0 Å². The summed E-state index contributed by atoms with van der Waals surface area (Å²) in [5.74, 6) is -0.352. The number of sulfonamides is 1. The van der Waals surface area contributed by atoms with Crippen LogP contribution in [0.3, 0.4) is 0 Å². The minimum atomic E-state index is -3.56. The van der Waals surface area contributed by atoms with Crippen LogP contribution in [0.2, 0.25) is 0 Å². The van der Waals surface area contributed by atoms with E-state index in [1.165, 1.54) is 11.4 Å². The van der Waals surface area contributed by atoms with Gasteiger partial charge in [0.25, 0.3) is 0 Å². The predicted octanol–water partition coefficient (Wildman–Crippen LogP) is 2.93. The Morgan fingerprint density at radius 1 is 1.23 bits per heavy atom. The first-order valence-corrected chi connectivity index (χ1v) is 10.2. The van der Waals surface area contributed by atoms with E-state index in [2.05, 4.69) is 6.58 Å². The van der Waals surface area contributed by atoms with Crippen molar-refractivity contribution in [3.8, 4) is 0 Å².